The summed E-state index contributed by atoms with van der Waals surface area (Å²) >= 11 is 0. The van der Waals surface area contributed by atoms with Gasteiger partial charge in [-0.1, -0.05) is 30.3 Å². The lowest BCUT2D eigenvalue weighted by atomic mass is 10.2. The summed E-state index contributed by atoms with van der Waals surface area (Å²) < 4.78 is 9.91. The lowest BCUT2D eigenvalue weighted by Gasteiger charge is -2.10. The lowest BCUT2D eigenvalue weighted by molar-refractivity contribution is -0.133. The van der Waals surface area contributed by atoms with Crippen LogP contribution in [0.4, 0.5) is 4.79 Å². The molecule has 5 nitrogen and oxygen atoms in total. The van der Waals surface area contributed by atoms with Gasteiger partial charge in [0.1, 0.15) is 13.2 Å². The first kappa shape index (κ1) is 11.6. The van der Waals surface area contributed by atoms with Crippen LogP contribution >= 0.6 is 0 Å². The second-order valence-electron chi connectivity index (χ2n) is 3.64. The van der Waals surface area contributed by atoms with Gasteiger partial charge in [0.2, 0.25) is 0 Å². The highest BCUT2D eigenvalue weighted by Crippen LogP contribution is 2.05. The van der Waals surface area contributed by atoms with E-state index in [0.29, 0.717) is 13.2 Å². The molecule has 1 aliphatic heterocycles. The van der Waals surface area contributed by atoms with Crippen LogP contribution in [0.25, 0.3) is 0 Å². The lowest BCUT2D eigenvalue weighted by Crippen LogP contribution is -2.34. The smallest absolute Gasteiger partial charge is 0.416 e. The molecule has 5 heteroatoms. The Morgan fingerprint density at radius 1 is 1.35 bits per heavy atom. The van der Waals surface area contributed by atoms with E-state index in [1.54, 1.807) is 0 Å². The monoisotopic (exact) mass is 235 g/mol. The zero-order chi connectivity index (χ0) is 12.1. The number of nitrogens with zero attached hydrogens (tertiary/aromatic N) is 1. The Bertz CT molecular complexity index is 404. The van der Waals surface area contributed by atoms with Crippen molar-refractivity contribution >= 4 is 12.0 Å². The summed E-state index contributed by atoms with van der Waals surface area (Å²) in [6.07, 6.45) is -0.585. The Balaban J connectivity index is 1.75. The third-order valence-electron chi connectivity index (χ3n) is 2.40. The first-order valence-corrected chi connectivity index (χ1v) is 5.36. The molecule has 0 bridgehead atoms. The highest BCUT2D eigenvalue weighted by atomic mass is 16.6. The largest absolute Gasteiger partial charge is 0.447 e. The zero-order valence-corrected chi connectivity index (χ0v) is 9.30. The Hall–Kier alpha value is -1.88. The van der Waals surface area contributed by atoms with Crippen LogP contribution in [-0.4, -0.2) is 36.7 Å². The van der Waals surface area contributed by atoms with Crippen LogP contribution in [0.1, 0.15) is 5.56 Å². The van der Waals surface area contributed by atoms with Crippen LogP contribution in [-0.2, 0) is 20.9 Å². The summed E-state index contributed by atoms with van der Waals surface area (Å²) in [5.41, 5.74) is 0.990. The fourth-order valence-corrected chi connectivity index (χ4v) is 1.53. The van der Waals surface area contributed by atoms with Gasteiger partial charge in [-0.3, -0.25) is 4.79 Å². The predicted octanol–water partition coefficient (Wildman–Crippen LogP) is 1.18. The van der Waals surface area contributed by atoms with Crippen molar-refractivity contribution in [2.45, 2.75) is 6.61 Å². The van der Waals surface area contributed by atoms with E-state index in [0.717, 1.165) is 10.5 Å². The second-order valence-corrected chi connectivity index (χ2v) is 3.64. The molecule has 0 saturated carbocycles. The number of amides is 2. The Kier molecular flexibility index (Phi) is 3.72. The number of cyclic esters (lactones) is 1. The third-order valence-corrected chi connectivity index (χ3v) is 2.40. The fourth-order valence-electron chi connectivity index (χ4n) is 1.53. The van der Waals surface area contributed by atoms with E-state index in [9.17, 15) is 9.59 Å². The molecule has 0 aliphatic carbocycles. The van der Waals surface area contributed by atoms with Crippen LogP contribution < -0.4 is 0 Å². The number of carbonyl (C=O) groups excluding carboxylic acids is 2. The minimum atomic E-state index is -0.585. The maximum atomic E-state index is 11.5. The maximum Gasteiger partial charge on any atom is 0.416 e. The van der Waals surface area contributed by atoms with Crippen molar-refractivity contribution in [1.29, 1.82) is 0 Å². The highest BCUT2D eigenvalue weighted by molar-refractivity contribution is 5.93. The topological polar surface area (TPSA) is 55.8 Å². The number of imide groups is 1. The van der Waals surface area contributed by atoms with Gasteiger partial charge in [0.25, 0.3) is 5.91 Å². The van der Waals surface area contributed by atoms with Crippen molar-refractivity contribution in [2.75, 3.05) is 19.8 Å². The van der Waals surface area contributed by atoms with Gasteiger partial charge in [-0.05, 0) is 5.56 Å². The van der Waals surface area contributed by atoms with Gasteiger partial charge < -0.3 is 9.47 Å². The van der Waals surface area contributed by atoms with Crippen LogP contribution in [0.2, 0.25) is 0 Å². The number of hydrogen-bond donors (Lipinski definition) is 0. The van der Waals surface area contributed by atoms with Crippen molar-refractivity contribution in [3.63, 3.8) is 0 Å². The first-order valence-electron chi connectivity index (χ1n) is 5.36. The van der Waals surface area contributed by atoms with E-state index in [1.807, 2.05) is 30.3 Å². The van der Waals surface area contributed by atoms with Crippen LogP contribution in [0.3, 0.4) is 0 Å². The summed E-state index contributed by atoms with van der Waals surface area (Å²) in [6, 6.07) is 9.54. The molecule has 0 spiro atoms. The van der Waals surface area contributed by atoms with Crippen molar-refractivity contribution in [2.24, 2.45) is 0 Å². The predicted molar refractivity (Wildman–Crippen MR) is 59.2 cm³/mol. The third kappa shape index (κ3) is 3.04. The molecule has 2 rings (SSSR count). The summed E-state index contributed by atoms with van der Waals surface area (Å²) in [6.45, 7) is 0.828. The molecule has 90 valence electrons. The molecule has 1 aromatic rings. The van der Waals surface area contributed by atoms with Crippen LogP contribution in [0, 0.1) is 0 Å². The molecule has 1 saturated heterocycles. The van der Waals surface area contributed by atoms with Crippen LogP contribution in [0.5, 0.6) is 0 Å². The molecule has 17 heavy (non-hydrogen) atoms. The van der Waals surface area contributed by atoms with Crippen molar-refractivity contribution in [1.82, 2.24) is 4.90 Å². The summed E-state index contributed by atoms with van der Waals surface area (Å²) in [7, 11) is 0. The fraction of sp³-hybridized carbons (Fsp3) is 0.333. The zero-order valence-electron chi connectivity index (χ0n) is 9.30. The number of ether oxygens (including phenoxy) is 2. The minimum absolute atomic E-state index is 0.107. The van der Waals surface area contributed by atoms with Crippen LogP contribution in [0.15, 0.2) is 30.3 Å². The van der Waals surface area contributed by atoms with Gasteiger partial charge >= 0.3 is 6.09 Å². The molecule has 1 aromatic carbocycles. The molecule has 1 fully saturated rings. The normalized spacial score (nSPS) is 14.8. The van der Waals surface area contributed by atoms with Gasteiger partial charge in [0.15, 0.2) is 0 Å². The van der Waals surface area contributed by atoms with E-state index < -0.39 is 6.09 Å². The van der Waals surface area contributed by atoms with Gasteiger partial charge in [-0.2, -0.15) is 0 Å². The van der Waals surface area contributed by atoms with Crippen molar-refractivity contribution in [3.8, 4) is 0 Å². The summed E-state index contributed by atoms with van der Waals surface area (Å²) in [5.74, 6) is -0.358. The molecule has 0 radical (unpaired) electrons. The molecule has 0 aromatic heterocycles. The van der Waals surface area contributed by atoms with Gasteiger partial charge in [-0.15, -0.1) is 0 Å². The Morgan fingerprint density at radius 3 is 2.76 bits per heavy atom. The quantitative estimate of drug-likeness (QED) is 0.786. The van der Waals surface area contributed by atoms with Gasteiger partial charge in [0, 0.05) is 0 Å². The molecule has 0 atom stereocenters. The standard InChI is InChI=1S/C12H13NO4/c14-11(13-6-7-17-12(13)15)9-16-8-10-4-2-1-3-5-10/h1-5H,6-9H2. The molecule has 0 N–H and O–H groups in total. The molecule has 2 amide bonds. The summed E-state index contributed by atoms with van der Waals surface area (Å²) in [5, 5.41) is 0. The Morgan fingerprint density at radius 2 is 2.12 bits per heavy atom. The molecule has 1 heterocycles. The molecular weight excluding hydrogens is 222 g/mol. The number of rotatable bonds is 4. The van der Waals surface area contributed by atoms with E-state index in [2.05, 4.69) is 4.74 Å². The number of carbonyl (C=O) groups is 2. The van der Waals surface area contributed by atoms with Crippen molar-refractivity contribution < 1.29 is 19.1 Å². The highest BCUT2D eigenvalue weighted by Gasteiger charge is 2.27. The average Bonchev–Trinajstić information content (AvgIpc) is 2.77. The Labute approximate surface area is 98.9 Å². The molecular formula is C12H13NO4. The van der Waals surface area contributed by atoms with Crippen molar-refractivity contribution in [3.05, 3.63) is 35.9 Å². The number of hydrogen-bond acceptors (Lipinski definition) is 4. The second kappa shape index (κ2) is 5.45. The SMILES string of the molecule is O=C(COCc1ccccc1)N1CCOC1=O. The van der Waals surface area contributed by atoms with E-state index in [4.69, 9.17) is 4.74 Å². The molecule has 0 unspecified atom stereocenters. The first-order chi connectivity index (χ1) is 8.27. The maximum absolute atomic E-state index is 11.5. The van der Waals surface area contributed by atoms with Gasteiger partial charge in [-0.25, -0.2) is 9.69 Å². The van der Waals surface area contributed by atoms with E-state index in [1.165, 1.54) is 0 Å². The summed E-state index contributed by atoms with van der Waals surface area (Å²) in [4.78, 5) is 23.7. The van der Waals surface area contributed by atoms with E-state index >= 15 is 0 Å². The number of benzene rings is 1. The molecule has 1 aliphatic rings. The minimum Gasteiger partial charge on any atom is -0.447 e. The van der Waals surface area contributed by atoms with E-state index in [-0.39, 0.29) is 19.1 Å². The van der Waals surface area contributed by atoms with Gasteiger partial charge in [0.05, 0.1) is 13.2 Å². The average molecular weight is 235 g/mol.